The molecule has 0 amide bonds. The summed E-state index contributed by atoms with van der Waals surface area (Å²) in [7, 11) is -1.90. The monoisotopic (exact) mass is 419 g/mol. The molecule has 2 aromatic carbocycles. The number of hydrogen-bond acceptors (Lipinski definition) is 9. The van der Waals surface area contributed by atoms with Crippen molar-refractivity contribution in [1.29, 1.82) is 0 Å². The van der Waals surface area contributed by atoms with E-state index < -0.39 is 22.1 Å². The van der Waals surface area contributed by atoms with Gasteiger partial charge in [-0.15, -0.1) is 0 Å². The summed E-state index contributed by atoms with van der Waals surface area (Å²) in [4.78, 5) is 22.9. The highest BCUT2D eigenvalue weighted by atomic mass is 32.2. The lowest BCUT2D eigenvalue weighted by molar-refractivity contribution is -0.138. The first kappa shape index (κ1) is 21.7. The van der Waals surface area contributed by atoms with Crippen LogP contribution in [0.5, 0.6) is 0 Å². The van der Waals surface area contributed by atoms with Gasteiger partial charge in [0, 0.05) is 5.69 Å². The van der Waals surface area contributed by atoms with Crippen molar-refractivity contribution in [2.24, 2.45) is 10.2 Å². The van der Waals surface area contributed by atoms with Gasteiger partial charge in [-0.05, 0) is 48.5 Å². The highest BCUT2D eigenvalue weighted by Crippen LogP contribution is 2.22. The lowest BCUT2D eigenvalue weighted by atomic mass is 10.2. The minimum absolute atomic E-state index is 0.104. The molecule has 0 aliphatic heterocycles. The van der Waals surface area contributed by atoms with Gasteiger partial charge in [0.1, 0.15) is 5.70 Å². The highest BCUT2D eigenvalue weighted by Gasteiger charge is 2.12. The third kappa shape index (κ3) is 6.52. The van der Waals surface area contributed by atoms with Crippen LogP contribution in [0.2, 0.25) is 0 Å². The largest absolute Gasteiger partial charge is 0.466 e. The number of nitrogens with zero attached hydrogens (tertiary/aromatic N) is 2. The number of hydrogen-bond donors (Lipinski definition) is 2. The summed E-state index contributed by atoms with van der Waals surface area (Å²) in [5.41, 5.74) is 1.24. The van der Waals surface area contributed by atoms with E-state index in [2.05, 4.69) is 25.0 Å². The molecule has 2 aromatic rings. The van der Waals surface area contributed by atoms with Crippen LogP contribution in [0.1, 0.15) is 0 Å². The number of carbonyl (C=O) groups excluding carboxylic acids is 2. The quantitative estimate of drug-likeness (QED) is 0.302. The van der Waals surface area contributed by atoms with Crippen LogP contribution in [-0.2, 0) is 29.2 Å². The fraction of sp³-hybridized carbons (Fsp3) is 0.111. The van der Waals surface area contributed by atoms with Gasteiger partial charge in [0.15, 0.2) is 0 Å². The molecule has 0 spiro atoms. The Morgan fingerprint density at radius 3 is 1.90 bits per heavy atom. The molecule has 0 atom stereocenters. The average Bonchev–Trinajstić information content (AvgIpc) is 2.71. The van der Waals surface area contributed by atoms with Crippen molar-refractivity contribution in [3.05, 3.63) is 60.3 Å². The van der Waals surface area contributed by atoms with Gasteiger partial charge in [-0.2, -0.15) is 18.6 Å². The number of methoxy groups -OCH3 is 2. The number of anilines is 1. The van der Waals surface area contributed by atoms with Gasteiger partial charge in [-0.1, -0.05) is 0 Å². The Bertz CT molecular complexity index is 1040. The molecule has 0 radical (unpaired) electrons. The molecular formula is C18H17N3O7S. The van der Waals surface area contributed by atoms with Crippen LogP contribution in [-0.4, -0.2) is 39.1 Å². The van der Waals surface area contributed by atoms with Crippen LogP contribution in [0.25, 0.3) is 0 Å². The third-order valence-corrected chi connectivity index (χ3v) is 4.30. The SMILES string of the molecule is COC(=O)/C=C(/Nc1ccc(N=Nc2ccc(S(=O)(=O)O)cc2)cc1)C(=O)OC. The molecule has 0 heterocycles. The summed E-state index contributed by atoms with van der Waals surface area (Å²) >= 11 is 0. The summed E-state index contributed by atoms with van der Waals surface area (Å²) in [5, 5.41) is 10.7. The van der Waals surface area contributed by atoms with E-state index in [1.165, 1.54) is 38.5 Å². The third-order valence-electron chi connectivity index (χ3n) is 3.43. The zero-order valence-corrected chi connectivity index (χ0v) is 16.2. The van der Waals surface area contributed by atoms with Crippen LogP contribution in [0.3, 0.4) is 0 Å². The second kappa shape index (κ2) is 9.57. The highest BCUT2D eigenvalue weighted by molar-refractivity contribution is 7.85. The van der Waals surface area contributed by atoms with Gasteiger partial charge in [0.05, 0.1) is 36.6 Å². The lowest BCUT2D eigenvalue weighted by Gasteiger charge is -2.09. The van der Waals surface area contributed by atoms with E-state index in [-0.39, 0.29) is 10.6 Å². The first-order valence-corrected chi connectivity index (χ1v) is 9.41. The van der Waals surface area contributed by atoms with E-state index in [1.54, 1.807) is 24.3 Å². The molecule has 0 unspecified atom stereocenters. The molecule has 11 heteroatoms. The molecular weight excluding hydrogens is 402 g/mol. The predicted octanol–water partition coefficient (Wildman–Crippen LogP) is 2.99. The van der Waals surface area contributed by atoms with Crippen LogP contribution >= 0.6 is 0 Å². The Morgan fingerprint density at radius 2 is 1.45 bits per heavy atom. The second-order valence-electron chi connectivity index (χ2n) is 5.41. The molecule has 0 saturated heterocycles. The summed E-state index contributed by atoms with van der Waals surface area (Å²) in [5.74, 6) is -1.46. The Kier molecular flexibility index (Phi) is 7.17. The van der Waals surface area contributed by atoms with Gasteiger partial charge < -0.3 is 14.8 Å². The van der Waals surface area contributed by atoms with Crippen LogP contribution in [0, 0.1) is 0 Å². The molecule has 152 valence electrons. The fourth-order valence-electron chi connectivity index (χ4n) is 2.00. The van der Waals surface area contributed by atoms with E-state index in [9.17, 15) is 18.0 Å². The average molecular weight is 419 g/mol. The maximum Gasteiger partial charge on any atom is 0.354 e. The zero-order valence-electron chi connectivity index (χ0n) is 15.4. The number of benzene rings is 2. The normalized spacial score (nSPS) is 11.9. The van der Waals surface area contributed by atoms with Gasteiger partial charge in [-0.3, -0.25) is 4.55 Å². The van der Waals surface area contributed by atoms with Crippen molar-refractivity contribution >= 4 is 39.1 Å². The maximum atomic E-state index is 11.7. The summed E-state index contributed by atoms with van der Waals surface area (Å²) < 4.78 is 40.1. The number of carbonyl (C=O) groups is 2. The number of ether oxygens (including phenoxy) is 2. The van der Waals surface area contributed by atoms with E-state index in [1.807, 2.05) is 0 Å². The lowest BCUT2D eigenvalue weighted by Crippen LogP contribution is -2.15. The maximum absolute atomic E-state index is 11.7. The molecule has 2 N–H and O–H groups in total. The molecule has 0 saturated carbocycles. The number of nitrogens with one attached hydrogen (secondary N) is 1. The van der Waals surface area contributed by atoms with Crippen molar-refractivity contribution in [3.63, 3.8) is 0 Å². The van der Waals surface area contributed by atoms with E-state index in [0.717, 1.165) is 6.08 Å². The number of azo groups is 1. The number of esters is 2. The minimum atomic E-state index is -4.26. The smallest absolute Gasteiger partial charge is 0.354 e. The predicted molar refractivity (Wildman–Crippen MR) is 103 cm³/mol. The fourth-order valence-corrected chi connectivity index (χ4v) is 2.48. The molecule has 10 nitrogen and oxygen atoms in total. The van der Waals surface area contributed by atoms with Crippen molar-refractivity contribution in [3.8, 4) is 0 Å². The first-order valence-electron chi connectivity index (χ1n) is 7.97. The van der Waals surface area contributed by atoms with Crippen molar-refractivity contribution in [2.45, 2.75) is 4.90 Å². The summed E-state index contributed by atoms with van der Waals surface area (Å²) in [6.07, 6.45) is 0.968. The van der Waals surface area contributed by atoms with E-state index >= 15 is 0 Å². The summed E-state index contributed by atoms with van der Waals surface area (Å²) in [6.45, 7) is 0. The van der Waals surface area contributed by atoms with Crippen molar-refractivity contribution < 1.29 is 32.0 Å². The van der Waals surface area contributed by atoms with Crippen molar-refractivity contribution in [1.82, 2.24) is 0 Å². The van der Waals surface area contributed by atoms with Gasteiger partial charge in [0.2, 0.25) is 0 Å². The van der Waals surface area contributed by atoms with Gasteiger partial charge >= 0.3 is 11.9 Å². The topological polar surface area (TPSA) is 144 Å². The molecule has 29 heavy (non-hydrogen) atoms. The first-order chi connectivity index (χ1) is 13.7. The zero-order chi connectivity index (χ0) is 21.4. The Morgan fingerprint density at radius 1 is 0.931 bits per heavy atom. The molecule has 0 bridgehead atoms. The molecule has 0 aliphatic rings. The Balaban J connectivity index is 2.11. The standard InChI is InChI=1S/C18H17N3O7S/c1-27-17(22)11-16(18(23)28-2)19-12-3-5-13(6-4-12)20-21-14-7-9-15(10-8-14)29(24,25)26/h3-11,19H,1-2H3,(H,24,25,26)/b16-11+,21-20?. The van der Waals surface area contributed by atoms with Crippen LogP contribution in [0.15, 0.2) is 75.4 Å². The van der Waals surface area contributed by atoms with Crippen molar-refractivity contribution in [2.75, 3.05) is 19.5 Å². The minimum Gasteiger partial charge on any atom is -0.466 e. The molecule has 0 aromatic heterocycles. The van der Waals surface area contributed by atoms with E-state index in [0.29, 0.717) is 17.1 Å². The molecule has 0 fully saturated rings. The van der Waals surface area contributed by atoms with Crippen LogP contribution < -0.4 is 5.32 Å². The molecule has 0 aliphatic carbocycles. The Labute approximate surface area is 166 Å². The van der Waals surface area contributed by atoms with Gasteiger partial charge in [-0.25, -0.2) is 9.59 Å². The Hall–Kier alpha value is -3.57. The molecule has 2 rings (SSSR count). The number of rotatable bonds is 7. The van der Waals surface area contributed by atoms with Gasteiger partial charge in [0.25, 0.3) is 10.1 Å². The van der Waals surface area contributed by atoms with Crippen LogP contribution in [0.4, 0.5) is 17.1 Å². The second-order valence-corrected chi connectivity index (χ2v) is 6.84. The van der Waals surface area contributed by atoms with E-state index in [4.69, 9.17) is 4.55 Å². The summed E-state index contributed by atoms with van der Waals surface area (Å²) in [6, 6.07) is 11.6.